The van der Waals surface area contributed by atoms with Crippen LogP contribution >= 0.6 is 0 Å². The van der Waals surface area contributed by atoms with E-state index in [0.29, 0.717) is 19.1 Å². The van der Waals surface area contributed by atoms with Gasteiger partial charge in [0.1, 0.15) is 17.9 Å². The van der Waals surface area contributed by atoms with Gasteiger partial charge < -0.3 is 15.2 Å². The average Bonchev–Trinajstić information content (AvgIpc) is 3.04. The van der Waals surface area contributed by atoms with Gasteiger partial charge in [-0.05, 0) is 18.1 Å². The second kappa shape index (κ2) is 6.45. The number of benzene rings is 1. The molecule has 3 aromatic rings. The third-order valence-corrected chi connectivity index (χ3v) is 4.26. The number of ether oxygens (including phenoxy) is 1. The van der Waals surface area contributed by atoms with Crippen LogP contribution in [0.5, 0.6) is 5.75 Å². The Kier molecular flexibility index (Phi) is 4.00. The predicted octanol–water partition coefficient (Wildman–Crippen LogP) is 1.48. The second-order valence-corrected chi connectivity index (χ2v) is 5.92. The molecule has 0 radical (unpaired) electrons. The molecule has 0 saturated heterocycles. The van der Waals surface area contributed by atoms with Crippen molar-refractivity contribution < 1.29 is 9.84 Å². The van der Waals surface area contributed by atoms with Gasteiger partial charge in [0, 0.05) is 12.5 Å². The van der Waals surface area contributed by atoms with Crippen LogP contribution in [0.3, 0.4) is 0 Å². The van der Waals surface area contributed by atoms with Crippen molar-refractivity contribution in [2.75, 3.05) is 25.1 Å². The first-order chi connectivity index (χ1) is 11.8. The van der Waals surface area contributed by atoms with E-state index < -0.39 is 0 Å². The summed E-state index contributed by atoms with van der Waals surface area (Å²) in [4.78, 5) is 8.59. The maximum atomic E-state index is 9.09. The van der Waals surface area contributed by atoms with E-state index in [1.807, 2.05) is 18.2 Å². The molecule has 0 unspecified atom stereocenters. The van der Waals surface area contributed by atoms with Gasteiger partial charge in [0.25, 0.3) is 0 Å². The van der Waals surface area contributed by atoms with Crippen LogP contribution in [0.2, 0.25) is 0 Å². The topological polar surface area (TPSA) is 85.1 Å². The van der Waals surface area contributed by atoms with E-state index in [1.54, 1.807) is 10.9 Å². The lowest BCUT2D eigenvalue weighted by Gasteiger charge is -2.25. The first-order valence-electron chi connectivity index (χ1n) is 8.07. The highest BCUT2D eigenvalue weighted by molar-refractivity contribution is 5.86. The number of hydrogen-bond acceptors (Lipinski definition) is 6. The van der Waals surface area contributed by atoms with Gasteiger partial charge in [-0.2, -0.15) is 5.10 Å². The van der Waals surface area contributed by atoms with Crippen molar-refractivity contribution in [1.82, 2.24) is 19.7 Å². The van der Waals surface area contributed by atoms with Crippen molar-refractivity contribution in [3.05, 3.63) is 42.4 Å². The Balaban J connectivity index is 1.48. The number of para-hydroxylation sites is 1. The van der Waals surface area contributed by atoms with Crippen LogP contribution in [-0.2, 0) is 13.0 Å². The Labute approximate surface area is 139 Å². The quantitative estimate of drug-likeness (QED) is 0.739. The number of fused-ring (bicyclic) bond motifs is 2. The molecule has 7 heteroatoms. The van der Waals surface area contributed by atoms with Gasteiger partial charge in [-0.1, -0.05) is 18.2 Å². The summed E-state index contributed by atoms with van der Waals surface area (Å²) in [7, 11) is 0. The first kappa shape index (κ1) is 14.9. The third kappa shape index (κ3) is 2.78. The summed E-state index contributed by atoms with van der Waals surface area (Å²) in [5.74, 6) is 2.14. The molecule has 3 heterocycles. The highest BCUT2D eigenvalue weighted by Crippen LogP contribution is 2.27. The molecule has 1 aliphatic rings. The zero-order chi connectivity index (χ0) is 16.4. The van der Waals surface area contributed by atoms with E-state index in [4.69, 9.17) is 9.84 Å². The molecule has 1 aliphatic heterocycles. The summed E-state index contributed by atoms with van der Waals surface area (Å²) in [6.45, 7) is 1.92. The molecule has 0 amide bonds. The van der Waals surface area contributed by atoms with Crippen molar-refractivity contribution in [2.45, 2.75) is 13.0 Å². The van der Waals surface area contributed by atoms with Crippen LogP contribution in [0.15, 0.2) is 36.8 Å². The second-order valence-electron chi connectivity index (χ2n) is 5.92. The molecule has 0 aliphatic carbocycles. The number of rotatable bonds is 5. The molecule has 1 aromatic carbocycles. The molecule has 4 rings (SSSR count). The molecule has 2 N–H and O–H groups in total. The van der Waals surface area contributed by atoms with Crippen molar-refractivity contribution in [3.8, 4) is 5.75 Å². The lowest BCUT2D eigenvalue weighted by molar-refractivity contribution is 0.229. The highest BCUT2D eigenvalue weighted by Gasteiger charge is 2.20. The fraction of sp³-hybridized carbons (Fsp3) is 0.353. The van der Waals surface area contributed by atoms with Gasteiger partial charge >= 0.3 is 0 Å². The summed E-state index contributed by atoms with van der Waals surface area (Å²) in [6.07, 6.45) is 4.24. The lowest BCUT2D eigenvalue weighted by atomic mass is 9.97. The van der Waals surface area contributed by atoms with E-state index in [2.05, 4.69) is 26.4 Å². The fourth-order valence-corrected chi connectivity index (χ4v) is 3.06. The molecule has 0 spiro atoms. The molecule has 24 heavy (non-hydrogen) atoms. The van der Waals surface area contributed by atoms with E-state index in [1.165, 1.54) is 11.9 Å². The Morgan fingerprint density at radius 2 is 2.21 bits per heavy atom. The van der Waals surface area contributed by atoms with Crippen molar-refractivity contribution in [3.63, 3.8) is 0 Å². The molecule has 2 aromatic heterocycles. The minimum atomic E-state index is 0.0301. The third-order valence-electron chi connectivity index (χ3n) is 4.26. The molecular formula is C17H19N5O2. The molecule has 0 saturated carbocycles. The monoisotopic (exact) mass is 325 g/mol. The van der Waals surface area contributed by atoms with Gasteiger partial charge in [-0.15, -0.1) is 0 Å². The lowest BCUT2D eigenvalue weighted by Crippen LogP contribution is -2.27. The zero-order valence-electron chi connectivity index (χ0n) is 13.2. The number of nitrogens with one attached hydrogen (secondary N) is 1. The largest absolute Gasteiger partial charge is 0.493 e. The van der Waals surface area contributed by atoms with Crippen LogP contribution in [0.4, 0.5) is 5.82 Å². The highest BCUT2D eigenvalue weighted by atomic mass is 16.5. The van der Waals surface area contributed by atoms with E-state index in [9.17, 15) is 0 Å². The van der Waals surface area contributed by atoms with Gasteiger partial charge in [-0.25, -0.2) is 14.6 Å². The van der Waals surface area contributed by atoms with Crippen LogP contribution in [-0.4, -0.2) is 44.6 Å². The predicted molar refractivity (Wildman–Crippen MR) is 90.0 cm³/mol. The van der Waals surface area contributed by atoms with E-state index >= 15 is 0 Å². The van der Waals surface area contributed by atoms with E-state index in [-0.39, 0.29) is 6.61 Å². The molecule has 124 valence electrons. The first-order valence-corrected chi connectivity index (χ1v) is 8.07. The number of nitrogens with zero attached hydrogens (tertiary/aromatic N) is 4. The van der Waals surface area contributed by atoms with Crippen LogP contribution < -0.4 is 10.1 Å². The Morgan fingerprint density at radius 1 is 1.29 bits per heavy atom. The minimum absolute atomic E-state index is 0.0301. The number of hydrogen-bond donors (Lipinski definition) is 2. The van der Waals surface area contributed by atoms with Crippen LogP contribution in [0, 0.1) is 5.92 Å². The molecular weight excluding hydrogens is 306 g/mol. The molecule has 0 fully saturated rings. The number of aliphatic hydroxyl groups excluding tert-OH is 1. The fourth-order valence-electron chi connectivity index (χ4n) is 3.06. The smallest absolute Gasteiger partial charge is 0.163 e. The zero-order valence-corrected chi connectivity index (χ0v) is 13.2. The summed E-state index contributed by atoms with van der Waals surface area (Å²) in [5.41, 5.74) is 1.98. The normalized spacial score (nSPS) is 16.6. The number of aromatic nitrogens is 4. The molecule has 0 bridgehead atoms. The van der Waals surface area contributed by atoms with Crippen LogP contribution in [0.1, 0.15) is 5.56 Å². The maximum absolute atomic E-state index is 9.09. The summed E-state index contributed by atoms with van der Waals surface area (Å²) >= 11 is 0. The van der Waals surface area contributed by atoms with Crippen molar-refractivity contribution in [2.24, 2.45) is 5.92 Å². The maximum Gasteiger partial charge on any atom is 0.163 e. The Hall–Kier alpha value is -2.67. The van der Waals surface area contributed by atoms with Gasteiger partial charge in [0.2, 0.25) is 0 Å². The minimum Gasteiger partial charge on any atom is -0.493 e. The van der Waals surface area contributed by atoms with E-state index in [0.717, 1.165) is 35.6 Å². The van der Waals surface area contributed by atoms with Crippen LogP contribution in [0.25, 0.3) is 11.0 Å². The number of aliphatic hydroxyl groups is 1. The average molecular weight is 325 g/mol. The Bertz CT molecular complexity index is 848. The summed E-state index contributed by atoms with van der Waals surface area (Å²) < 4.78 is 7.51. The standard InChI is InChI=1S/C17H19N5O2/c23-6-5-22-17-14(9-21-22)16(19-11-20-17)18-8-12-7-13-3-1-2-4-15(13)24-10-12/h1-4,9,11-12,23H,5-8,10H2,(H,18,19,20)/t12-/m0/s1. The number of anilines is 1. The summed E-state index contributed by atoms with van der Waals surface area (Å²) in [5, 5.41) is 17.6. The van der Waals surface area contributed by atoms with Crippen molar-refractivity contribution in [1.29, 1.82) is 0 Å². The Morgan fingerprint density at radius 3 is 3.12 bits per heavy atom. The molecule has 1 atom stereocenters. The SMILES string of the molecule is OCCn1ncc2c(NC[C@H]3COc4ccccc4C3)ncnc21. The van der Waals surface area contributed by atoms with Gasteiger partial charge in [-0.3, -0.25) is 0 Å². The van der Waals surface area contributed by atoms with Crippen molar-refractivity contribution >= 4 is 16.9 Å². The summed E-state index contributed by atoms with van der Waals surface area (Å²) in [6, 6.07) is 8.17. The van der Waals surface area contributed by atoms with Gasteiger partial charge in [0.05, 0.1) is 31.3 Å². The van der Waals surface area contributed by atoms with Gasteiger partial charge in [0.15, 0.2) is 5.65 Å². The molecule has 7 nitrogen and oxygen atoms in total.